The van der Waals surface area contributed by atoms with Gasteiger partial charge < -0.3 is 15.4 Å². The fraction of sp³-hybridized carbons (Fsp3) is 0.364. The Bertz CT molecular complexity index is 868. The van der Waals surface area contributed by atoms with E-state index in [1.807, 2.05) is 49.4 Å². The zero-order chi connectivity index (χ0) is 18.9. The minimum atomic E-state index is -0.398. The highest BCUT2D eigenvalue weighted by Gasteiger charge is 2.48. The first kappa shape index (κ1) is 17.6. The lowest BCUT2D eigenvalue weighted by Gasteiger charge is -2.21. The summed E-state index contributed by atoms with van der Waals surface area (Å²) < 4.78 is 5.42. The van der Waals surface area contributed by atoms with Crippen LogP contribution in [0.3, 0.4) is 0 Å². The molecular formula is C22H24N2O3. The Labute approximate surface area is 159 Å². The van der Waals surface area contributed by atoms with E-state index in [1.54, 1.807) is 0 Å². The van der Waals surface area contributed by atoms with Crippen molar-refractivity contribution in [3.05, 3.63) is 53.6 Å². The molecule has 2 amide bonds. The van der Waals surface area contributed by atoms with E-state index in [4.69, 9.17) is 4.74 Å². The molecule has 2 aliphatic rings. The van der Waals surface area contributed by atoms with Crippen LogP contribution in [0, 0.1) is 0 Å². The molecular weight excluding hydrogens is 340 g/mol. The van der Waals surface area contributed by atoms with E-state index in [1.165, 1.54) is 0 Å². The molecule has 4 rings (SSSR count). The summed E-state index contributed by atoms with van der Waals surface area (Å²) in [6.45, 7) is 2.56. The molecule has 0 bridgehead atoms. The van der Waals surface area contributed by atoms with E-state index in [-0.39, 0.29) is 11.8 Å². The fourth-order valence-corrected chi connectivity index (χ4v) is 4.23. The number of hydrogen-bond donors (Lipinski definition) is 2. The smallest absolute Gasteiger partial charge is 0.235 e. The van der Waals surface area contributed by atoms with Crippen LogP contribution in [0.4, 0.5) is 11.4 Å². The average molecular weight is 364 g/mol. The molecule has 0 saturated heterocycles. The average Bonchev–Trinajstić information content (AvgIpc) is 3.25. The molecule has 140 valence electrons. The fourth-order valence-electron chi connectivity index (χ4n) is 4.23. The number of hydrogen-bond acceptors (Lipinski definition) is 3. The van der Waals surface area contributed by atoms with E-state index in [9.17, 15) is 9.59 Å². The van der Waals surface area contributed by atoms with Crippen molar-refractivity contribution in [2.24, 2.45) is 0 Å². The Morgan fingerprint density at radius 2 is 1.89 bits per heavy atom. The van der Waals surface area contributed by atoms with Crippen LogP contribution >= 0.6 is 0 Å². The van der Waals surface area contributed by atoms with E-state index in [0.29, 0.717) is 13.0 Å². The standard InChI is InChI=1S/C22H24N2O3/c1-2-27-17-8-5-15(6-9-17)13-20(25)23-16-7-10-19-18(14-16)22(21(26)24-19)11-3-4-12-22/h5-10,14H,2-4,11-13H2,1H3,(H,23,25)(H,24,26). The molecule has 2 N–H and O–H groups in total. The summed E-state index contributed by atoms with van der Waals surface area (Å²) in [6.07, 6.45) is 4.21. The third-order valence-corrected chi connectivity index (χ3v) is 5.56. The van der Waals surface area contributed by atoms with Gasteiger partial charge in [0, 0.05) is 11.4 Å². The van der Waals surface area contributed by atoms with Crippen LogP contribution in [-0.2, 0) is 21.4 Å². The third-order valence-electron chi connectivity index (χ3n) is 5.56. The maximum atomic E-state index is 12.5. The monoisotopic (exact) mass is 364 g/mol. The van der Waals surface area contributed by atoms with Gasteiger partial charge in [0.1, 0.15) is 5.75 Å². The Morgan fingerprint density at radius 1 is 1.15 bits per heavy atom. The summed E-state index contributed by atoms with van der Waals surface area (Å²) in [7, 11) is 0. The lowest BCUT2D eigenvalue weighted by Crippen LogP contribution is -2.31. The molecule has 1 heterocycles. The van der Waals surface area contributed by atoms with E-state index in [2.05, 4.69) is 10.6 Å². The zero-order valence-electron chi connectivity index (χ0n) is 15.5. The van der Waals surface area contributed by atoms with Crippen LogP contribution in [0.15, 0.2) is 42.5 Å². The molecule has 1 aliphatic heterocycles. The molecule has 1 saturated carbocycles. The highest BCUT2D eigenvalue weighted by atomic mass is 16.5. The van der Waals surface area contributed by atoms with Gasteiger partial charge in [-0.15, -0.1) is 0 Å². The van der Waals surface area contributed by atoms with Crippen LogP contribution < -0.4 is 15.4 Å². The predicted octanol–water partition coefficient (Wildman–Crippen LogP) is 4.03. The van der Waals surface area contributed by atoms with Crippen molar-refractivity contribution in [2.45, 2.75) is 44.4 Å². The van der Waals surface area contributed by atoms with E-state index < -0.39 is 5.41 Å². The molecule has 27 heavy (non-hydrogen) atoms. The second kappa shape index (κ2) is 7.06. The number of nitrogens with one attached hydrogen (secondary N) is 2. The Kier molecular flexibility index (Phi) is 4.60. The largest absolute Gasteiger partial charge is 0.494 e. The Balaban J connectivity index is 1.46. The molecule has 5 heteroatoms. The number of carbonyl (C=O) groups excluding carboxylic acids is 2. The maximum Gasteiger partial charge on any atom is 0.235 e. The van der Waals surface area contributed by atoms with Crippen molar-refractivity contribution in [3.8, 4) is 5.75 Å². The van der Waals surface area contributed by atoms with Gasteiger partial charge in [-0.3, -0.25) is 9.59 Å². The molecule has 2 aromatic carbocycles. The SMILES string of the molecule is CCOc1ccc(CC(=O)Nc2ccc3c(c2)C2(CCCC2)C(=O)N3)cc1. The van der Waals surface area contributed by atoms with Crippen LogP contribution in [0.2, 0.25) is 0 Å². The third kappa shape index (κ3) is 3.29. The van der Waals surface area contributed by atoms with Gasteiger partial charge in [0.05, 0.1) is 18.4 Å². The second-order valence-corrected chi connectivity index (χ2v) is 7.31. The quantitative estimate of drug-likeness (QED) is 0.842. The van der Waals surface area contributed by atoms with Gasteiger partial charge >= 0.3 is 0 Å². The molecule has 0 radical (unpaired) electrons. The number of rotatable bonds is 5. The van der Waals surface area contributed by atoms with Crippen molar-refractivity contribution >= 4 is 23.2 Å². The summed E-state index contributed by atoms with van der Waals surface area (Å²) in [5.41, 5.74) is 3.19. The molecule has 1 spiro atoms. The van der Waals surface area contributed by atoms with Crippen LogP contribution in [0.25, 0.3) is 0 Å². The summed E-state index contributed by atoms with van der Waals surface area (Å²) >= 11 is 0. The number of ether oxygens (including phenoxy) is 1. The van der Waals surface area contributed by atoms with Crippen LogP contribution in [0.5, 0.6) is 5.75 Å². The summed E-state index contributed by atoms with van der Waals surface area (Å²) in [4.78, 5) is 24.9. The zero-order valence-corrected chi connectivity index (χ0v) is 15.5. The minimum absolute atomic E-state index is 0.0723. The van der Waals surface area contributed by atoms with Crippen molar-refractivity contribution in [1.29, 1.82) is 0 Å². The van der Waals surface area contributed by atoms with Crippen LogP contribution in [0.1, 0.15) is 43.7 Å². The highest BCUT2D eigenvalue weighted by Crippen LogP contribution is 2.49. The lowest BCUT2D eigenvalue weighted by molar-refractivity contribution is -0.120. The molecule has 1 aliphatic carbocycles. The Morgan fingerprint density at radius 3 is 2.59 bits per heavy atom. The topological polar surface area (TPSA) is 67.4 Å². The van der Waals surface area contributed by atoms with Crippen molar-refractivity contribution in [2.75, 3.05) is 17.2 Å². The first-order valence-electron chi connectivity index (χ1n) is 9.58. The molecule has 0 aromatic heterocycles. The van der Waals surface area contributed by atoms with E-state index in [0.717, 1.165) is 53.9 Å². The van der Waals surface area contributed by atoms with Gasteiger partial charge in [0.15, 0.2) is 0 Å². The van der Waals surface area contributed by atoms with Gasteiger partial charge in [-0.1, -0.05) is 25.0 Å². The minimum Gasteiger partial charge on any atom is -0.494 e. The highest BCUT2D eigenvalue weighted by molar-refractivity contribution is 6.07. The second-order valence-electron chi connectivity index (χ2n) is 7.31. The molecule has 1 fully saturated rings. The predicted molar refractivity (Wildman–Crippen MR) is 105 cm³/mol. The van der Waals surface area contributed by atoms with Gasteiger partial charge in [0.2, 0.25) is 11.8 Å². The first-order chi connectivity index (χ1) is 13.1. The molecule has 0 atom stereocenters. The number of fused-ring (bicyclic) bond motifs is 2. The normalized spacial score (nSPS) is 16.9. The van der Waals surface area contributed by atoms with Gasteiger partial charge in [0.25, 0.3) is 0 Å². The number of carbonyl (C=O) groups is 2. The molecule has 0 unspecified atom stereocenters. The molecule has 5 nitrogen and oxygen atoms in total. The van der Waals surface area contributed by atoms with Gasteiger partial charge in [-0.05, 0) is 61.2 Å². The van der Waals surface area contributed by atoms with Crippen LogP contribution in [-0.4, -0.2) is 18.4 Å². The van der Waals surface area contributed by atoms with Gasteiger partial charge in [-0.25, -0.2) is 0 Å². The van der Waals surface area contributed by atoms with Gasteiger partial charge in [-0.2, -0.15) is 0 Å². The number of benzene rings is 2. The van der Waals surface area contributed by atoms with Crippen molar-refractivity contribution < 1.29 is 14.3 Å². The summed E-state index contributed by atoms with van der Waals surface area (Å²) in [5.74, 6) is 0.837. The van der Waals surface area contributed by atoms with Crippen molar-refractivity contribution in [3.63, 3.8) is 0 Å². The van der Waals surface area contributed by atoms with E-state index >= 15 is 0 Å². The number of amides is 2. The summed E-state index contributed by atoms with van der Waals surface area (Å²) in [6, 6.07) is 13.3. The number of anilines is 2. The molecule has 2 aromatic rings. The first-order valence-corrected chi connectivity index (χ1v) is 9.58. The van der Waals surface area contributed by atoms with Crippen molar-refractivity contribution in [1.82, 2.24) is 0 Å². The maximum absolute atomic E-state index is 12.5. The Hall–Kier alpha value is -2.82. The lowest BCUT2D eigenvalue weighted by atomic mass is 9.80. The summed E-state index contributed by atoms with van der Waals surface area (Å²) in [5, 5.41) is 5.97.